The van der Waals surface area contributed by atoms with Crippen LogP contribution >= 0.6 is 0 Å². The maximum Gasteiger partial charge on any atom is 0.329 e. The molecule has 1 N–H and O–H groups in total. The molecule has 0 aliphatic carbocycles. The van der Waals surface area contributed by atoms with Crippen molar-refractivity contribution in [3.63, 3.8) is 0 Å². The van der Waals surface area contributed by atoms with Gasteiger partial charge in [-0.3, -0.25) is 0 Å². The van der Waals surface area contributed by atoms with E-state index in [1.54, 1.807) is 6.20 Å². The number of carbonyl (C=O) groups is 1. The molecule has 1 atom stereocenters. The van der Waals surface area contributed by atoms with E-state index in [1.165, 1.54) is 10.9 Å². The summed E-state index contributed by atoms with van der Waals surface area (Å²) in [6.07, 6.45) is 3.03. The fourth-order valence-electron chi connectivity index (χ4n) is 1.24. The van der Waals surface area contributed by atoms with Crippen LogP contribution in [0.1, 0.15) is 26.8 Å². The number of aliphatic carboxylic acids is 1. The third kappa shape index (κ3) is 2.05. The van der Waals surface area contributed by atoms with Crippen LogP contribution in [0.2, 0.25) is 0 Å². The van der Waals surface area contributed by atoms with Crippen LogP contribution in [0.4, 0.5) is 0 Å². The van der Waals surface area contributed by atoms with Crippen molar-refractivity contribution < 1.29 is 9.90 Å². The Morgan fingerprint density at radius 2 is 2.15 bits per heavy atom. The molecule has 72 valence electrons. The van der Waals surface area contributed by atoms with Crippen LogP contribution in [0.5, 0.6) is 0 Å². The Morgan fingerprint density at radius 1 is 1.54 bits per heavy atom. The Morgan fingerprint density at radius 3 is 2.46 bits per heavy atom. The molecular weight excluding hydrogens is 170 g/mol. The molecule has 0 amide bonds. The summed E-state index contributed by atoms with van der Waals surface area (Å²) in [4.78, 5) is 11.0. The van der Waals surface area contributed by atoms with E-state index in [4.69, 9.17) is 5.11 Å². The lowest BCUT2D eigenvalue weighted by molar-refractivity contribution is -0.144. The lowest BCUT2D eigenvalue weighted by Crippen LogP contribution is -2.31. The van der Waals surface area contributed by atoms with E-state index in [-0.39, 0.29) is 5.41 Å². The first-order valence-corrected chi connectivity index (χ1v) is 4.01. The van der Waals surface area contributed by atoms with Crippen LogP contribution in [-0.2, 0) is 4.79 Å². The zero-order chi connectivity index (χ0) is 10.1. The Labute approximate surface area is 76.4 Å². The van der Waals surface area contributed by atoms with Gasteiger partial charge in [-0.15, -0.1) is 5.10 Å². The Balaban J connectivity index is 3.01. The Hall–Kier alpha value is -1.39. The molecule has 1 aromatic rings. The second-order valence-corrected chi connectivity index (χ2v) is 3.99. The molecule has 13 heavy (non-hydrogen) atoms. The van der Waals surface area contributed by atoms with Gasteiger partial charge in [0.2, 0.25) is 0 Å². The van der Waals surface area contributed by atoms with Gasteiger partial charge in [-0.05, 0) is 5.41 Å². The minimum absolute atomic E-state index is 0.375. The predicted octanol–water partition coefficient (Wildman–Crippen LogP) is 0.950. The van der Waals surface area contributed by atoms with Gasteiger partial charge in [0.15, 0.2) is 6.04 Å². The SMILES string of the molecule is CC(C)(C)C(C(=O)O)n1ccnn1. The maximum absolute atomic E-state index is 11.0. The molecule has 5 nitrogen and oxygen atoms in total. The summed E-state index contributed by atoms with van der Waals surface area (Å²) in [7, 11) is 0. The van der Waals surface area contributed by atoms with Crippen molar-refractivity contribution in [2.45, 2.75) is 26.8 Å². The molecule has 1 aromatic heterocycles. The second kappa shape index (κ2) is 3.16. The number of nitrogens with zero attached hydrogens (tertiary/aromatic N) is 3. The zero-order valence-corrected chi connectivity index (χ0v) is 7.93. The predicted molar refractivity (Wildman–Crippen MR) is 46.1 cm³/mol. The van der Waals surface area contributed by atoms with E-state index < -0.39 is 12.0 Å². The van der Waals surface area contributed by atoms with Crippen molar-refractivity contribution in [1.82, 2.24) is 15.0 Å². The maximum atomic E-state index is 11.0. The number of hydrogen-bond donors (Lipinski definition) is 1. The quantitative estimate of drug-likeness (QED) is 0.741. The third-order valence-electron chi connectivity index (χ3n) is 1.76. The largest absolute Gasteiger partial charge is 0.480 e. The van der Waals surface area contributed by atoms with Gasteiger partial charge in [0.25, 0.3) is 0 Å². The monoisotopic (exact) mass is 183 g/mol. The van der Waals surface area contributed by atoms with Crippen LogP contribution < -0.4 is 0 Å². The van der Waals surface area contributed by atoms with Gasteiger partial charge < -0.3 is 5.11 Å². The molecule has 0 fully saturated rings. The molecule has 0 spiro atoms. The highest BCUT2D eigenvalue weighted by atomic mass is 16.4. The second-order valence-electron chi connectivity index (χ2n) is 3.99. The van der Waals surface area contributed by atoms with Crippen LogP contribution in [0.25, 0.3) is 0 Å². The molecule has 0 aliphatic rings. The molecule has 1 heterocycles. The van der Waals surface area contributed by atoms with Crippen molar-refractivity contribution in [2.75, 3.05) is 0 Å². The molecule has 0 saturated carbocycles. The van der Waals surface area contributed by atoms with E-state index in [1.807, 2.05) is 20.8 Å². The average Bonchev–Trinajstić information content (AvgIpc) is 2.34. The van der Waals surface area contributed by atoms with Crippen molar-refractivity contribution >= 4 is 5.97 Å². The number of aromatic nitrogens is 3. The number of carboxylic acid groups (broad SMARTS) is 1. The van der Waals surface area contributed by atoms with Crippen LogP contribution in [0.15, 0.2) is 12.4 Å². The molecule has 0 saturated heterocycles. The summed E-state index contributed by atoms with van der Waals surface area (Å²) >= 11 is 0. The molecular formula is C8H13N3O2. The minimum Gasteiger partial charge on any atom is -0.480 e. The third-order valence-corrected chi connectivity index (χ3v) is 1.76. The van der Waals surface area contributed by atoms with Gasteiger partial charge in [0.1, 0.15) is 0 Å². The summed E-state index contributed by atoms with van der Waals surface area (Å²) in [6.45, 7) is 5.56. The molecule has 0 radical (unpaired) electrons. The zero-order valence-electron chi connectivity index (χ0n) is 7.93. The minimum atomic E-state index is -0.891. The van der Waals surface area contributed by atoms with E-state index in [9.17, 15) is 4.79 Å². The summed E-state index contributed by atoms with van der Waals surface area (Å²) in [6, 6.07) is -0.671. The van der Waals surface area contributed by atoms with Crippen molar-refractivity contribution in [1.29, 1.82) is 0 Å². The normalized spacial score (nSPS) is 14.1. The molecule has 5 heteroatoms. The Bertz CT molecular complexity index is 287. The van der Waals surface area contributed by atoms with Gasteiger partial charge in [-0.1, -0.05) is 26.0 Å². The smallest absolute Gasteiger partial charge is 0.329 e. The highest BCUT2D eigenvalue weighted by molar-refractivity contribution is 5.72. The summed E-state index contributed by atoms with van der Waals surface area (Å²) in [5, 5.41) is 16.3. The standard InChI is InChI=1S/C8H13N3O2/c1-8(2,3)6(7(12)13)11-5-4-9-10-11/h4-6H,1-3H3,(H,12,13). The highest BCUT2D eigenvalue weighted by Crippen LogP contribution is 2.29. The molecule has 0 bridgehead atoms. The first-order valence-electron chi connectivity index (χ1n) is 4.01. The van der Waals surface area contributed by atoms with Crippen LogP contribution in [0.3, 0.4) is 0 Å². The first kappa shape index (κ1) is 9.70. The fraction of sp³-hybridized carbons (Fsp3) is 0.625. The molecule has 0 aliphatic heterocycles. The van der Waals surface area contributed by atoms with E-state index in [0.29, 0.717) is 0 Å². The topological polar surface area (TPSA) is 68.0 Å². The van der Waals surface area contributed by atoms with Gasteiger partial charge in [0, 0.05) is 6.20 Å². The van der Waals surface area contributed by atoms with Gasteiger partial charge in [0.05, 0.1) is 6.20 Å². The van der Waals surface area contributed by atoms with Crippen molar-refractivity contribution in [3.05, 3.63) is 12.4 Å². The fourth-order valence-corrected chi connectivity index (χ4v) is 1.24. The lowest BCUT2D eigenvalue weighted by Gasteiger charge is -2.26. The van der Waals surface area contributed by atoms with Crippen LogP contribution in [-0.4, -0.2) is 26.1 Å². The molecule has 1 unspecified atom stereocenters. The summed E-state index contributed by atoms with van der Waals surface area (Å²) in [5.41, 5.74) is -0.375. The summed E-state index contributed by atoms with van der Waals surface area (Å²) < 4.78 is 1.36. The molecule has 0 aromatic carbocycles. The van der Waals surface area contributed by atoms with Gasteiger partial charge in [-0.2, -0.15) is 0 Å². The van der Waals surface area contributed by atoms with E-state index in [0.717, 1.165) is 0 Å². The number of carboxylic acids is 1. The van der Waals surface area contributed by atoms with Gasteiger partial charge >= 0.3 is 5.97 Å². The average molecular weight is 183 g/mol. The highest BCUT2D eigenvalue weighted by Gasteiger charge is 2.33. The van der Waals surface area contributed by atoms with E-state index in [2.05, 4.69) is 10.3 Å². The van der Waals surface area contributed by atoms with Crippen molar-refractivity contribution in [3.8, 4) is 0 Å². The number of hydrogen-bond acceptors (Lipinski definition) is 3. The summed E-state index contributed by atoms with van der Waals surface area (Å²) in [5.74, 6) is -0.891. The number of rotatable bonds is 2. The molecule has 1 rings (SSSR count). The van der Waals surface area contributed by atoms with Gasteiger partial charge in [-0.25, -0.2) is 9.48 Å². The Kier molecular flexibility index (Phi) is 2.36. The lowest BCUT2D eigenvalue weighted by atomic mass is 9.87. The van der Waals surface area contributed by atoms with Crippen molar-refractivity contribution in [2.24, 2.45) is 5.41 Å². The van der Waals surface area contributed by atoms with E-state index >= 15 is 0 Å². The van der Waals surface area contributed by atoms with Crippen LogP contribution in [0, 0.1) is 5.41 Å². The first-order chi connectivity index (χ1) is 5.93.